The molecule has 178 valence electrons. The van der Waals surface area contributed by atoms with Crippen molar-refractivity contribution in [1.82, 2.24) is 15.4 Å². The molecule has 0 saturated heterocycles. The highest BCUT2D eigenvalue weighted by Gasteiger charge is 2.28. The topological polar surface area (TPSA) is 84.7 Å². The molecule has 4 rings (SSSR count). The first-order valence-electron chi connectivity index (χ1n) is 11.5. The van der Waals surface area contributed by atoms with Crippen LogP contribution in [0, 0.1) is 0 Å². The molecule has 1 aromatic heterocycles. The Morgan fingerprint density at radius 1 is 1.12 bits per heavy atom. The molecule has 0 atom stereocenters. The zero-order valence-electron chi connectivity index (χ0n) is 19.1. The zero-order valence-corrected chi connectivity index (χ0v) is 19.9. The van der Waals surface area contributed by atoms with Gasteiger partial charge in [0.15, 0.2) is 11.5 Å². The fourth-order valence-electron chi connectivity index (χ4n) is 4.26. The molecule has 0 radical (unpaired) electrons. The fourth-order valence-corrected chi connectivity index (χ4v) is 4.48. The van der Waals surface area contributed by atoms with E-state index in [0.717, 1.165) is 31.2 Å². The first kappa shape index (κ1) is 23.8. The van der Waals surface area contributed by atoms with E-state index in [4.69, 9.17) is 20.9 Å². The Morgan fingerprint density at radius 2 is 1.91 bits per heavy atom. The fraction of sp³-hybridized carbons (Fsp3) is 0.346. The second kappa shape index (κ2) is 11.2. The van der Waals surface area contributed by atoms with Gasteiger partial charge < -0.3 is 19.5 Å². The van der Waals surface area contributed by atoms with Crippen LogP contribution in [-0.2, 0) is 13.1 Å². The average molecular weight is 482 g/mol. The molecule has 2 aromatic carbocycles. The maximum atomic E-state index is 13.5. The van der Waals surface area contributed by atoms with Gasteiger partial charge >= 0.3 is 0 Å². The van der Waals surface area contributed by atoms with Gasteiger partial charge in [-0.2, -0.15) is 0 Å². The molecule has 2 amide bonds. The second-order valence-corrected chi connectivity index (χ2v) is 8.88. The van der Waals surface area contributed by atoms with Crippen molar-refractivity contribution in [3.63, 3.8) is 0 Å². The minimum absolute atomic E-state index is 0.0887. The number of aromatic nitrogens is 1. The lowest BCUT2D eigenvalue weighted by atomic mass is 9.93. The van der Waals surface area contributed by atoms with Crippen LogP contribution in [-0.4, -0.2) is 35.0 Å². The maximum Gasteiger partial charge on any atom is 0.273 e. The molecule has 0 aliphatic heterocycles. The summed E-state index contributed by atoms with van der Waals surface area (Å²) in [6, 6.07) is 16.1. The Kier molecular flexibility index (Phi) is 7.85. The third kappa shape index (κ3) is 5.97. The lowest BCUT2D eigenvalue weighted by Gasteiger charge is -2.33. The zero-order chi connectivity index (χ0) is 23.9. The lowest BCUT2D eigenvalue weighted by Crippen LogP contribution is -2.40. The van der Waals surface area contributed by atoms with Gasteiger partial charge in [0.1, 0.15) is 5.75 Å². The Balaban J connectivity index is 1.47. The highest BCUT2D eigenvalue weighted by molar-refractivity contribution is 6.30. The van der Waals surface area contributed by atoms with Crippen molar-refractivity contribution < 1.29 is 18.8 Å². The summed E-state index contributed by atoms with van der Waals surface area (Å²) in [5.41, 5.74) is 1.62. The molecule has 1 heterocycles. The molecular weight excluding hydrogens is 454 g/mol. The van der Waals surface area contributed by atoms with E-state index >= 15 is 0 Å². The first-order valence-corrected chi connectivity index (χ1v) is 11.8. The second-order valence-electron chi connectivity index (χ2n) is 8.45. The SMILES string of the molecule is COc1cccc(C(=O)N(Cc2cc(C(=O)NCc3cccc(Cl)c3)no2)C2CCCCC2)c1. The van der Waals surface area contributed by atoms with Crippen LogP contribution in [0.2, 0.25) is 5.02 Å². The summed E-state index contributed by atoms with van der Waals surface area (Å²) in [5.74, 6) is 0.662. The van der Waals surface area contributed by atoms with Crippen molar-refractivity contribution in [3.05, 3.63) is 82.2 Å². The number of amides is 2. The van der Waals surface area contributed by atoms with Gasteiger partial charge in [-0.25, -0.2) is 0 Å². The Bertz CT molecular complexity index is 1140. The predicted molar refractivity (Wildman–Crippen MR) is 129 cm³/mol. The molecular formula is C26H28ClN3O4. The van der Waals surface area contributed by atoms with Gasteiger partial charge in [0, 0.05) is 29.2 Å². The molecule has 0 bridgehead atoms. The summed E-state index contributed by atoms with van der Waals surface area (Å²) in [6.07, 6.45) is 5.23. The minimum Gasteiger partial charge on any atom is -0.497 e. The summed E-state index contributed by atoms with van der Waals surface area (Å²) < 4.78 is 10.7. The molecule has 0 unspecified atom stereocenters. The molecule has 8 heteroatoms. The highest BCUT2D eigenvalue weighted by Crippen LogP contribution is 2.27. The Hall–Kier alpha value is -3.32. The number of methoxy groups -OCH3 is 1. The van der Waals surface area contributed by atoms with E-state index in [9.17, 15) is 9.59 Å². The van der Waals surface area contributed by atoms with Crippen molar-refractivity contribution in [2.45, 2.75) is 51.2 Å². The van der Waals surface area contributed by atoms with Crippen LogP contribution in [0.1, 0.15) is 64.3 Å². The number of ether oxygens (including phenoxy) is 1. The number of nitrogens with one attached hydrogen (secondary N) is 1. The van der Waals surface area contributed by atoms with E-state index < -0.39 is 0 Å². The van der Waals surface area contributed by atoms with Crippen molar-refractivity contribution in [2.75, 3.05) is 7.11 Å². The number of nitrogens with zero attached hydrogens (tertiary/aromatic N) is 2. The quantitative estimate of drug-likeness (QED) is 0.475. The van der Waals surface area contributed by atoms with Gasteiger partial charge in [-0.3, -0.25) is 9.59 Å². The number of hydrogen-bond donors (Lipinski definition) is 1. The van der Waals surface area contributed by atoms with E-state index in [1.54, 1.807) is 37.4 Å². The van der Waals surface area contributed by atoms with Gasteiger partial charge in [0.25, 0.3) is 11.8 Å². The standard InChI is InChI=1S/C26H28ClN3O4/c1-33-22-12-6-8-19(14-22)26(32)30(21-10-3-2-4-11-21)17-23-15-24(29-34-23)25(31)28-16-18-7-5-9-20(27)13-18/h5-9,12-15,21H,2-4,10-11,16-17H2,1H3,(H,28,31). The third-order valence-corrected chi connectivity index (χ3v) is 6.29. The molecule has 34 heavy (non-hydrogen) atoms. The van der Waals surface area contributed by atoms with Crippen molar-refractivity contribution in [3.8, 4) is 5.75 Å². The molecule has 1 N–H and O–H groups in total. The van der Waals surface area contributed by atoms with Crippen molar-refractivity contribution in [2.24, 2.45) is 0 Å². The van der Waals surface area contributed by atoms with E-state index in [2.05, 4.69) is 10.5 Å². The number of rotatable bonds is 8. The van der Waals surface area contributed by atoms with Gasteiger partial charge in [-0.05, 0) is 48.7 Å². The summed E-state index contributed by atoms with van der Waals surface area (Å²) >= 11 is 6.00. The molecule has 1 aliphatic rings. The van der Waals surface area contributed by atoms with E-state index in [1.165, 1.54) is 6.42 Å². The number of carbonyl (C=O) groups excluding carboxylic acids is 2. The smallest absolute Gasteiger partial charge is 0.273 e. The monoisotopic (exact) mass is 481 g/mol. The molecule has 3 aromatic rings. The summed E-state index contributed by atoms with van der Waals surface area (Å²) in [7, 11) is 1.58. The van der Waals surface area contributed by atoms with E-state index in [1.807, 2.05) is 29.2 Å². The largest absolute Gasteiger partial charge is 0.497 e. The molecule has 1 aliphatic carbocycles. The molecule has 7 nitrogen and oxygen atoms in total. The summed E-state index contributed by atoms with van der Waals surface area (Å²) in [5, 5.41) is 7.36. The van der Waals surface area contributed by atoms with Crippen LogP contribution in [0.4, 0.5) is 0 Å². The van der Waals surface area contributed by atoms with Gasteiger partial charge in [0.2, 0.25) is 0 Å². The van der Waals surface area contributed by atoms with Crippen LogP contribution >= 0.6 is 11.6 Å². The molecule has 1 saturated carbocycles. The number of halogens is 1. The van der Waals surface area contributed by atoms with Crippen molar-refractivity contribution >= 4 is 23.4 Å². The highest BCUT2D eigenvalue weighted by atomic mass is 35.5. The van der Waals surface area contributed by atoms with Crippen LogP contribution < -0.4 is 10.1 Å². The van der Waals surface area contributed by atoms with Crippen LogP contribution in [0.15, 0.2) is 59.1 Å². The summed E-state index contributed by atoms with van der Waals surface area (Å²) in [6.45, 7) is 0.569. The van der Waals surface area contributed by atoms with E-state index in [-0.39, 0.29) is 30.1 Å². The first-order chi connectivity index (χ1) is 16.5. The Labute approximate surface area is 204 Å². The summed E-state index contributed by atoms with van der Waals surface area (Å²) in [4.78, 5) is 27.9. The average Bonchev–Trinajstić information content (AvgIpc) is 3.35. The number of carbonyl (C=O) groups is 2. The minimum atomic E-state index is -0.349. The van der Waals surface area contributed by atoms with Gasteiger partial charge in [0.05, 0.1) is 13.7 Å². The number of hydrogen-bond acceptors (Lipinski definition) is 5. The lowest BCUT2D eigenvalue weighted by molar-refractivity contribution is 0.0590. The van der Waals surface area contributed by atoms with Crippen LogP contribution in [0.3, 0.4) is 0 Å². The van der Waals surface area contributed by atoms with Crippen molar-refractivity contribution in [1.29, 1.82) is 0 Å². The van der Waals surface area contributed by atoms with Gasteiger partial charge in [-0.1, -0.05) is 54.2 Å². The van der Waals surface area contributed by atoms with Gasteiger partial charge in [-0.15, -0.1) is 0 Å². The number of benzene rings is 2. The normalized spacial score (nSPS) is 13.9. The van der Waals surface area contributed by atoms with Crippen LogP contribution in [0.25, 0.3) is 0 Å². The maximum absolute atomic E-state index is 13.5. The molecule has 1 fully saturated rings. The Morgan fingerprint density at radius 3 is 2.68 bits per heavy atom. The van der Waals surface area contributed by atoms with Crippen LogP contribution in [0.5, 0.6) is 5.75 Å². The molecule has 0 spiro atoms. The predicted octanol–water partition coefficient (Wildman–Crippen LogP) is 5.24. The third-order valence-electron chi connectivity index (χ3n) is 6.05. The van der Waals surface area contributed by atoms with E-state index in [0.29, 0.717) is 28.6 Å².